The lowest BCUT2D eigenvalue weighted by atomic mass is 9.66. The molecule has 1 aromatic heterocycles. The van der Waals surface area contributed by atoms with Gasteiger partial charge in [0.15, 0.2) is 0 Å². The molecule has 3 aliphatic rings. The van der Waals surface area contributed by atoms with E-state index in [0.717, 1.165) is 25.2 Å². The number of pyridine rings is 1. The number of morpholine rings is 1. The van der Waals surface area contributed by atoms with Crippen molar-refractivity contribution in [2.45, 2.75) is 51.9 Å². The van der Waals surface area contributed by atoms with Crippen LogP contribution in [-0.4, -0.2) is 66.0 Å². The number of hydrogen-bond acceptors (Lipinski definition) is 4. The van der Waals surface area contributed by atoms with Crippen molar-refractivity contribution < 1.29 is 14.3 Å². The highest BCUT2D eigenvalue weighted by molar-refractivity contribution is 5.92. The minimum absolute atomic E-state index is 0.0423. The van der Waals surface area contributed by atoms with Crippen molar-refractivity contribution in [2.24, 2.45) is 11.3 Å². The Morgan fingerprint density at radius 3 is 2.62 bits per heavy atom. The Morgan fingerprint density at radius 1 is 1.14 bits per heavy atom. The summed E-state index contributed by atoms with van der Waals surface area (Å²) in [5.74, 6) is 0.687. The zero-order chi connectivity index (χ0) is 20.3. The summed E-state index contributed by atoms with van der Waals surface area (Å²) in [6.45, 7) is 6.19. The largest absolute Gasteiger partial charge is 0.378 e. The van der Waals surface area contributed by atoms with Gasteiger partial charge in [-0.1, -0.05) is 25.3 Å². The van der Waals surface area contributed by atoms with E-state index in [2.05, 4.69) is 4.98 Å². The van der Waals surface area contributed by atoms with E-state index in [-0.39, 0.29) is 17.2 Å². The van der Waals surface area contributed by atoms with Crippen LogP contribution in [0.5, 0.6) is 0 Å². The molecule has 29 heavy (non-hydrogen) atoms. The first-order valence-electron chi connectivity index (χ1n) is 11.2. The number of aryl methyl sites for hydroxylation is 1. The third-order valence-electron chi connectivity index (χ3n) is 7.13. The first-order chi connectivity index (χ1) is 14.1. The Balaban J connectivity index is 1.44. The smallest absolute Gasteiger partial charge is 0.272 e. The number of carbonyl (C=O) groups is 2. The first-order valence-corrected chi connectivity index (χ1v) is 11.2. The van der Waals surface area contributed by atoms with Crippen molar-refractivity contribution in [1.29, 1.82) is 0 Å². The molecule has 1 aliphatic carbocycles. The van der Waals surface area contributed by atoms with E-state index in [4.69, 9.17) is 4.74 Å². The van der Waals surface area contributed by atoms with Gasteiger partial charge in [0.2, 0.25) is 5.91 Å². The molecule has 158 valence electrons. The fraction of sp³-hybridized carbons (Fsp3) is 0.696. The van der Waals surface area contributed by atoms with E-state index >= 15 is 0 Å². The second-order valence-electron chi connectivity index (χ2n) is 9.00. The molecular formula is C23H33N3O3. The molecule has 0 N–H and O–H groups in total. The van der Waals surface area contributed by atoms with Gasteiger partial charge in [-0.3, -0.25) is 9.59 Å². The zero-order valence-corrected chi connectivity index (χ0v) is 17.6. The molecule has 1 atom stereocenters. The van der Waals surface area contributed by atoms with Crippen molar-refractivity contribution in [3.05, 3.63) is 29.6 Å². The Morgan fingerprint density at radius 2 is 1.90 bits per heavy atom. The van der Waals surface area contributed by atoms with Crippen LogP contribution in [0.25, 0.3) is 0 Å². The van der Waals surface area contributed by atoms with Crippen LogP contribution in [0, 0.1) is 18.3 Å². The summed E-state index contributed by atoms with van der Waals surface area (Å²) in [5, 5.41) is 0. The number of aromatic nitrogens is 1. The molecule has 0 aromatic carbocycles. The lowest BCUT2D eigenvalue weighted by Gasteiger charge is -2.38. The van der Waals surface area contributed by atoms with Crippen LogP contribution < -0.4 is 0 Å². The second kappa shape index (κ2) is 8.82. The molecule has 6 heteroatoms. The quantitative estimate of drug-likeness (QED) is 0.781. The minimum Gasteiger partial charge on any atom is -0.378 e. The van der Waals surface area contributed by atoms with Crippen LogP contribution in [0.1, 0.15) is 61.1 Å². The molecular weight excluding hydrogens is 366 g/mol. The molecule has 6 nitrogen and oxygen atoms in total. The summed E-state index contributed by atoms with van der Waals surface area (Å²) in [6, 6.07) is 5.64. The Labute approximate surface area is 173 Å². The number of carbonyl (C=O) groups excluding carboxylic acids is 2. The van der Waals surface area contributed by atoms with Crippen LogP contribution in [0.4, 0.5) is 0 Å². The van der Waals surface area contributed by atoms with Crippen LogP contribution >= 0.6 is 0 Å². The predicted octanol–water partition coefficient (Wildman–Crippen LogP) is 3.05. The van der Waals surface area contributed by atoms with Crippen LogP contribution in [0.15, 0.2) is 18.2 Å². The van der Waals surface area contributed by atoms with Gasteiger partial charge in [0.1, 0.15) is 5.69 Å². The van der Waals surface area contributed by atoms with E-state index < -0.39 is 0 Å². The molecule has 1 saturated carbocycles. The normalized spacial score (nSPS) is 24.1. The van der Waals surface area contributed by atoms with Gasteiger partial charge in [-0.2, -0.15) is 0 Å². The number of nitrogens with zero attached hydrogens (tertiary/aromatic N) is 3. The molecule has 1 aromatic rings. The Hall–Kier alpha value is -1.95. The average Bonchev–Trinajstić information content (AvgIpc) is 3.10. The van der Waals surface area contributed by atoms with E-state index in [1.807, 2.05) is 34.9 Å². The second-order valence-corrected chi connectivity index (χ2v) is 9.00. The van der Waals surface area contributed by atoms with Crippen molar-refractivity contribution in [3.63, 3.8) is 0 Å². The number of amides is 2. The van der Waals surface area contributed by atoms with Gasteiger partial charge < -0.3 is 14.5 Å². The molecule has 2 aliphatic heterocycles. The highest BCUT2D eigenvalue weighted by Crippen LogP contribution is 2.49. The number of rotatable bonds is 4. The van der Waals surface area contributed by atoms with Gasteiger partial charge in [-0.25, -0.2) is 4.98 Å². The summed E-state index contributed by atoms with van der Waals surface area (Å²) >= 11 is 0. The molecule has 3 fully saturated rings. The van der Waals surface area contributed by atoms with Crippen molar-refractivity contribution in [2.75, 3.05) is 39.4 Å². The fourth-order valence-corrected chi connectivity index (χ4v) is 5.50. The van der Waals surface area contributed by atoms with Crippen molar-refractivity contribution >= 4 is 11.8 Å². The maximum Gasteiger partial charge on any atom is 0.272 e. The van der Waals surface area contributed by atoms with Gasteiger partial charge in [-0.05, 0) is 49.7 Å². The number of hydrogen-bond donors (Lipinski definition) is 0. The molecule has 1 unspecified atom stereocenters. The van der Waals surface area contributed by atoms with Crippen LogP contribution in [0.2, 0.25) is 0 Å². The molecule has 3 heterocycles. The lowest BCUT2D eigenvalue weighted by molar-refractivity contribution is -0.135. The standard InChI is InChI=1S/C23H33N3O3/c1-18-6-5-7-20(24-18)22(28)26-16-19(23(17-26)10-3-2-4-11-23)8-9-21(27)25-12-14-29-15-13-25/h5-7,19H,2-4,8-17H2,1H3. The minimum atomic E-state index is 0.0423. The van der Waals surface area contributed by atoms with Gasteiger partial charge in [0.05, 0.1) is 13.2 Å². The van der Waals surface area contributed by atoms with Gasteiger partial charge in [0, 0.05) is 38.3 Å². The Kier molecular flexibility index (Phi) is 6.18. The number of ether oxygens (including phenoxy) is 1. The zero-order valence-electron chi connectivity index (χ0n) is 17.6. The molecule has 2 amide bonds. The van der Waals surface area contributed by atoms with Crippen molar-refractivity contribution in [1.82, 2.24) is 14.8 Å². The summed E-state index contributed by atoms with van der Waals surface area (Å²) in [6.07, 6.45) is 7.56. The van der Waals surface area contributed by atoms with Crippen molar-refractivity contribution in [3.8, 4) is 0 Å². The Bertz CT molecular complexity index is 739. The van der Waals surface area contributed by atoms with Crippen LogP contribution in [-0.2, 0) is 9.53 Å². The maximum absolute atomic E-state index is 13.1. The first kappa shape index (κ1) is 20.3. The molecule has 2 saturated heterocycles. The number of likely N-dealkylation sites (tertiary alicyclic amines) is 1. The monoisotopic (exact) mass is 399 g/mol. The van der Waals surface area contributed by atoms with E-state index in [1.54, 1.807) is 0 Å². The predicted molar refractivity (Wildman–Crippen MR) is 111 cm³/mol. The topological polar surface area (TPSA) is 62.7 Å². The third kappa shape index (κ3) is 4.47. The van der Waals surface area contributed by atoms with E-state index in [1.165, 1.54) is 32.1 Å². The summed E-state index contributed by atoms with van der Waals surface area (Å²) in [4.78, 5) is 34.2. The SMILES string of the molecule is Cc1cccc(C(=O)N2CC(CCC(=O)N3CCOCC3)C3(CCCCC3)C2)n1. The van der Waals surface area contributed by atoms with E-state index in [0.29, 0.717) is 44.3 Å². The fourth-order valence-electron chi connectivity index (χ4n) is 5.50. The molecule has 1 spiro atoms. The van der Waals surface area contributed by atoms with E-state index in [9.17, 15) is 9.59 Å². The summed E-state index contributed by atoms with van der Waals surface area (Å²) in [5.41, 5.74) is 1.60. The highest BCUT2D eigenvalue weighted by Gasteiger charge is 2.48. The van der Waals surface area contributed by atoms with Crippen LogP contribution in [0.3, 0.4) is 0 Å². The highest BCUT2D eigenvalue weighted by atomic mass is 16.5. The summed E-state index contributed by atoms with van der Waals surface area (Å²) < 4.78 is 5.36. The third-order valence-corrected chi connectivity index (χ3v) is 7.13. The molecule has 4 rings (SSSR count). The molecule has 0 bridgehead atoms. The van der Waals surface area contributed by atoms with Gasteiger partial charge in [0.25, 0.3) is 5.91 Å². The average molecular weight is 400 g/mol. The summed E-state index contributed by atoms with van der Waals surface area (Å²) in [7, 11) is 0. The lowest BCUT2D eigenvalue weighted by Crippen LogP contribution is -2.41. The van der Waals surface area contributed by atoms with Gasteiger partial charge >= 0.3 is 0 Å². The maximum atomic E-state index is 13.1. The van der Waals surface area contributed by atoms with Gasteiger partial charge in [-0.15, -0.1) is 0 Å². The molecule has 0 radical (unpaired) electrons.